The normalized spacial score (nSPS) is 15.2. The molecule has 1 aromatic heterocycles. The lowest BCUT2D eigenvalue weighted by molar-refractivity contribution is -0.120. The predicted octanol–water partition coefficient (Wildman–Crippen LogP) is 1.69. The highest BCUT2D eigenvalue weighted by Gasteiger charge is 2.27. The highest BCUT2D eigenvalue weighted by molar-refractivity contribution is 5.98. The van der Waals surface area contributed by atoms with Crippen LogP contribution in [0, 0.1) is 0 Å². The molecule has 0 radical (unpaired) electrons. The van der Waals surface area contributed by atoms with Gasteiger partial charge in [-0.2, -0.15) is 5.10 Å². The average molecular weight is 412 g/mol. The first-order chi connectivity index (χ1) is 14.5. The van der Waals surface area contributed by atoms with Gasteiger partial charge in [-0.15, -0.1) is 0 Å². The second-order valence-electron chi connectivity index (χ2n) is 7.47. The van der Waals surface area contributed by atoms with E-state index >= 15 is 0 Å². The molecule has 1 amide bonds. The lowest BCUT2D eigenvalue weighted by atomic mass is 10.1. The molecule has 1 fully saturated rings. The molecule has 2 aromatic rings. The van der Waals surface area contributed by atoms with Gasteiger partial charge >= 0.3 is 0 Å². The zero-order valence-electron chi connectivity index (χ0n) is 18.5. The summed E-state index contributed by atoms with van der Waals surface area (Å²) in [4.78, 5) is 23.3. The minimum atomic E-state index is 0.0548. The maximum atomic E-state index is 12.7. The fraction of sp³-hybridized carbons (Fsp3) is 0.500. The van der Waals surface area contributed by atoms with Gasteiger partial charge in [0.25, 0.3) is 0 Å². The quantitative estimate of drug-likeness (QED) is 0.555. The highest BCUT2D eigenvalue weighted by atomic mass is 16.2. The maximum absolute atomic E-state index is 12.7. The maximum Gasteiger partial charge on any atom is 0.246 e. The van der Waals surface area contributed by atoms with E-state index in [1.165, 1.54) is 11.1 Å². The first-order valence-corrected chi connectivity index (χ1v) is 10.6. The molecule has 1 saturated heterocycles. The van der Waals surface area contributed by atoms with E-state index in [0.717, 1.165) is 37.8 Å². The van der Waals surface area contributed by atoms with E-state index in [2.05, 4.69) is 58.4 Å². The van der Waals surface area contributed by atoms with Gasteiger partial charge in [-0.1, -0.05) is 38.1 Å². The average Bonchev–Trinajstić information content (AvgIpc) is 3.19. The van der Waals surface area contributed by atoms with Crippen molar-refractivity contribution in [3.63, 3.8) is 0 Å². The third-order valence-corrected chi connectivity index (χ3v) is 5.58. The number of rotatable bonds is 7. The third kappa shape index (κ3) is 5.18. The number of carbonyl (C=O) groups is 1. The van der Waals surface area contributed by atoms with Gasteiger partial charge in [-0.05, 0) is 24.2 Å². The van der Waals surface area contributed by atoms with Crippen LogP contribution in [0.5, 0.6) is 0 Å². The van der Waals surface area contributed by atoms with Gasteiger partial charge in [-0.25, -0.2) is 0 Å². The molecule has 0 spiro atoms. The van der Waals surface area contributed by atoms with E-state index < -0.39 is 0 Å². The van der Waals surface area contributed by atoms with Crippen molar-refractivity contribution < 1.29 is 4.79 Å². The van der Waals surface area contributed by atoms with E-state index in [-0.39, 0.29) is 5.91 Å². The second kappa shape index (κ2) is 10.2. The Balaban J connectivity index is 1.61. The van der Waals surface area contributed by atoms with Crippen LogP contribution in [-0.2, 0) is 24.9 Å². The summed E-state index contributed by atoms with van der Waals surface area (Å²) < 4.78 is 1.71. The molecule has 0 saturated carbocycles. The number of hydrogen-bond donors (Lipinski definition) is 1. The highest BCUT2D eigenvalue weighted by Crippen LogP contribution is 2.16. The lowest BCUT2D eigenvalue weighted by Gasteiger charge is -2.35. The minimum absolute atomic E-state index is 0.0548. The van der Waals surface area contributed by atoms with Crippen LogP contribution in [0.25, 0.3) is 0 Å². The number of amides is 1. The Labute approximate surface area is 179 Å². The molecule has 0 aliphatic carbocycles. The number of anilines is 1. The van der Waals surface area contributed by atoms with Crippen molar-refractivity contribution in [2.45, 2.75) is 26.9 Å². The molecule has 0 atom stereocenters. The summed E-state index contributed by atoms with van der Waals surface area (Å²) in [5.41, 5.74) is 3.42. The Kier molecular flexibility index (Phi) is 7.46. The van der Waals surface area contributed by atoms with E-state index in [0.29, 0.717) is 19.6 Å². The first kappa shape index (κ1) is 21.8. The van der Waals surface area contributed by atoms with Crippen molar-refractivity contribution >= 4 is 17.6 Å². The zero-order valence-corrected chi connectivity index (χ0v) is 18.5. The Morgan fingerprint density at radius 3 is 2.53 bits per heavy atom. The fourth-order valence-electron chi connectivity index (χ4n) is 3.75. The summed E-state index contributed by atoms with van der Waals surface area (Å²) in [7, 11) is 3.62. The van der Waals surface area contributed by atoms with Crippen molar-refractivity contribution in [2.24, 2.45) is 12.0 Å². The van der Waals surface area contributed by atoms with Crippen molar-refractivity contribution in [2.75, 3.05) is 44.7 Å². The molecule has 8 heteroatoms. The molecule has 0 bridgehead atoms. The fourth-order valence-corrected chi connectivity index (χ4v) is 3.75. The molecule has 30 heavy (non-hydrogen) atoms. The summed E-state index contributed by atoms with van der Waals surface area (Å²) in [6.07, 6.45) is 3.60. The summed E-state index contributed by atoms with van der Waals surface area (Å²) in [6, 6.07) is 8.51. The number of benzene rings is 1. The molecular formula is C22H33N7O. The van der Waals surface area contributed by atoms with Gasteiger partial charge in [-0.3, -0.25) is 19.4 Å². The Morgan fingerprint density at radius 1 is 1.20 bits per heavy atom. The third-order valence-electron chi connectivity index (χ3n) is 5.58. The Bertz CT molecular complexity index is 872. The van der Waals surface area contributed by atoms with Gasteiger partial charge in [0.1, 0.15) is 6.54 Å². The standard InChI is InChI=1S/C22H33N7O/c1-5-27(6-2)15-19-10-8-7-9-18(19)13-24-22(23-3)28-11-12-29(21(30)17-28)20-14-25-26(4)16-20/h7-10,14,16H,5-6,11-13,15,17H2,1-4H3,(H,23,24). The van der Waals surface area contributed by atoms with Crippen LogP contribution in [0.2, 0.25) is 0 Å². The molecular weight excluding hydrogens is 378 g/mol. The number of carbonyl (C=O) groups excluding carboxylic acids is 1. The van der Waals surface area contributed by atoms with Gasteiger partial charge in [0.05, 0.1) is 11.9 Å². The number of hydrogen-bond acceptors (Lipinski definition) is 4. The number of piperazine rings is 1. The van der Waals surface area contributed by atoms with Crippen LogP contribution in [0.15, 0.2) is 41.7 Å². The van der Waals surface area contributed by atoms with E-state index in [4.69, 9.17) is 0 Å². The summed E-state index contributed by atoms with van der Waals surface area (Å²) in [6.45, 7) is 9.70. The van der Waals surface area contributed by atoms with Gasteiger partial charge in [0.2, 0.25) is 5.91 Å². The lowest BCUT2D eigenvalue weighted by Crippen LogP contribution is -2.55. The van der Waals surface area contributed by atoms with Crippen LogP contribution < -0.4 is 10.2 Å². The monoisotopic (exact) mass is 411 g/mol. The second-order valence-corrected chi connectivity index (χ2v) is 7.47. The number of nitrogens with one attached hydrogen (secondary N) is 1. The van der Waals surface area contributed by atoms with Crippen molar-refractivity contribution in [3.8, 4) is 0 Å². The summed E-state index contributed by atoms with van der Waals surface area (Å²) >= 11 is 0. The van der Waals surface area contributed by atoms with Crippen LogP contribution in [0.1, 0.15) is 25.0 Å². The van der Waals surface area contributed by atoms with Gasteiger partial charge in [0, 0.05) is 46.5 Å². The molecule has 8 nitrogen and oxygen atoms in total. The molecule has 3 rings (SSSR count). The van der Waals surface area contributed by atoms with Crippen molar-refractivity contribution in [1.82, 2.24) is 24.9 Å². The Morgan fingerprint density at radius 2 is 1.93 bits per heavy atom. The topological polar surface area (TPSA) is 69.0 Å². The number of guanidine groups is 1. The predicted molar refractivity (Wildman–Crippen MR) is 120 cm³/mol. The number of aromatic nitrogens is 2. The summed E-state index contributed by atoms with van der Waals surface area (Å²) in [5.74, 6) is 0.811. The Hall–Kier alpha value is -2.87. The number of aliphatic imine (C=N–C) groups is 1. The largest absolute Gasteiger partial charge is 0.352 e. The molecule has 2 heterocycles. The van der Waals surface area contributed by atoms with Crippen LogP contribution >= 0.6 is 0 Å². The van der Waals surface area contributed by atoms with Crippen molar-refractivity contribution in [3.05, 3.63) is 47.8 Å². The first-order valence-electron chi connectivity index (χ1n) is 10.6. The molecule has 1 aromatic carbocycles. The van der Waals surface area contributed by atoms with Gasteiger partial charge in [0.15, 0.2) is 5.96 Å². The smallest absolute Gasteiger partial charge is 0.246 e. The van der Waals surface area contributed by atoms with Crippen LogP contribution in [0.3, 0.4) is 0 Å². The minimum Gasteiger partial charge on any atom is -0.352 e. The molecule has 0 unspecified atom stereocenters. The molecule has 1 aliphatic heterocycles. The molecule has 1 N–H and O–H groups in total. The van der Waals surface area contributed by atoms with Gasteiger partial charge < -0.3 is 15.1 Å². The van der Waals surface area contributed by atoms with Crippen molar-refractivity contribution in [1.29, 1.82) is 0 Å². The SMILES string of the molecule is CCN(CC)Cc1ccccc1CNC(=NC)N1CCN(c2cnn(C)c2)C(=O)C1. The number of nitrogens with zero attached hydrogens (tertiary/aromatic N) is 6. The zero-order chi connectivity index (χ0) is 21.5. The van der Waals surface area contributed by atoms with E-state index in [1.54, 1.807) is 22.8 Å². The van der Waals surface area contributed by atoms with Crippen LogP contribution in [-0.4, -0.2) is 71.2 Å². The van der Waals surface area contributed by atoms with E-state index in [9.17, 15) is 4.79 Å². The molecule has 1 aliphatic rings. The van der Waals surface area contributed by atoms with E-state index in [1.807, 2.05) is 18.1 Å². The number of aryl methyl sites for hydroxylation is 1. The van der Waals surface area contributed by atoms with Crippen LogP contribution in [0.4, 0.5) is 5.69 Å². The molecule has 162 valence electrons. The summed E-state index contributed by atoms with van der Waals surface area (Å²) in [5, 5.41) is 7.62.